The number of rotatable bonds is 32. The quantitative estimate of drug-likeness (QED) is 0.0173. The fraction of sp³-hybridized carbons (Fsp3) is 0.729. The van der Waals surface area contributed by atoms with Gasteiger partial charge in [0.25, 0.3) is 18.0 Å². The van der Waals surface area contributed by atoms with Gasteiger partial charge >= 0.3 is 11.9 Å². The van der Waals surface area contributed by atoms with E-state index in [1.54, 1.807) is 31.4 Å². The van der Waals surface area contributed by atoms with E-state index in [1.807, 2.05) is 44.7 Å². The van der Waals surface area contributed by atoms with Crippen molar-refractivity contribution in [2.24, 2.45) is 23.0 Å². The lowest BCUT2D eigenvalue weighted by atomic mass is 9.84. The Morgan fingerprint density at radius 2 is 1.73 bits per heavy atom. The van der Waals surface area contributed by atoms with Crippen LogP contribution in [0.4, 0.5) is 5.69 Å². The Labute approximate surface area is 397 Å². The lowest BCUT2D eigenvalue weighted by Crippen LogP contribution is -2.60. The predicted molar refractivity (Wildman–Crippen MR) is 257 cm³/mol. The predicted octanol–water partition coefficient (Wildman–Crippen LogP) is 6.50. The Morgan fingerprint density at radius 3 is 2.35 bits per heavy atom. The highest BCUT2D eigenvalue weighted by Gasteiger charge is 2.42. The number of thiazole rings is 1. The van der Waals surface area contributed by atoms with Crippen molar-refractivity contribution in [3.8, 4) is 0 Å². The summed E-state index contributed by atoms with van der Waals surface area (Å²) in [6.45, 7) is 18.7. The summed E-state index contributed by atoms with van der Waals surface area (Å²) in [5.41, 5.74) is 15.0. The minimum atomic E-state index is -1.13. The molecule has 0 radical (unpaired) electrons. The van der Waals surface area contributed by atoms with E-state index in [0.717, 1.165) is 55.5 Å². The lowest BCUT2D eigenvalue weighted by molar-refractivity contribution is -0.668. The summed E-state index contributed by atoms with van der Waals surface area (Å²) in [5, 5.41) is 14.9. The van der Waals surface area contributed by atoms with Crippen LogP contribution in [0.15, 0.2) is 29.6 Å². The molecule has 1 fully saturated rings. The molecule has 2 amide bonds. The normalized spacial score (nSPS) is 16.8. The molecular weight excluding hydrogens is 865 g/mol. The maximum atomic E-state index is 15.1. The van der Waals surface area contributed by atoms with E-state index in [4.69, 9.17) is 30.7 Å². The number of carboxylic acid groups (broad SMARTS) is 1. The van der Waals surface area contributed by atoms with Crippen LogP contribution in [-0.2, 0) is 35.0 Å². The molecule has 1 aromatic heterocycles. The molecule has 2 aromatic rings. The Balaban J connectivity index is 1.90. The molecule has 1 unspecified atom stereocenters. The summed E-state index contributed by atoms with van der Waals surface area (Å²) < 4.78 is 17.2. The number of hydrogen-bond acceptors (Lipinski definition) is 13. The van der Waals surface area contributed by atoms with Gasteiger partial charge in [-0.05, 0) is 75.5 Å². The van der Waals surface area contributed by atoms with E-state index < -0.39 is 53.7 Å². The second-order valence-electron chi connectivity index (χ2n) is 18.7. The van der Waals surface area contributed by atoms with Crippen LogP contribution in [0.2, 0.25) is 0 Å². The highest BCUT2D eigenvalue weighted by Crippen LogP contribution is 2.32. The van der Waals surface area contributed by atoms with Crippen molar-refractivity contribution in [3.63, 3.8) is 0 Å². The molecule has 1 aromatic carbocycles. The van der Waals surface area contributed by atoms with Crippen LogP contribution in [0.3, 0.4) is 0 Å². The number of carbonyl (C=O) groups is 4. The van der Waals surface area contributed by atoms with Crippen molar-refractivity contribution in [2.75, 3.05) is 58.3 Å². The van der Waals surface area contributed by atoms with Crippen LogP contribution < -0.4 is 22.2 Å². The Hall–Kier alpha value is -4.23. The number of piperidine rings is 1. The fourth-order valence-electron chi connectivity index (χ4n) is 8.29. The number of amides is 2. The van der Waals surface area contributed by atoms with Crippen molar-refractivity contribution >= 4 is 40.8 Å². The van der Waals surface area contributed by atoms with E-state index in [1.165, 1.54) is 18.3 Å². The highest BCUT2D eigenvalue weighted by atomic mass is 32.1. The summed E-state index contributed by atoms with van der Waals surface area (Å²) >= 11 is 1.18. The number of anilines is 1. The lowest BCUT2D eigenvalue weighted by Gasteiger charge is -2.39. The molecule has 1 aliphatic heterocycles. The number of carbonyl (C=O) groups excluding carboxylic acids is 3. The molecule has 1 saturated heterocycles. The number of hydrazine groups is 1. The zero-order valence-electron chi connectivity index (χ0n) is 40.9. The molecule has 7 N–H and O–H groups in total. The number of ether oxygens (including phenoxy) is 3. The van der Waals surface area contributed by atoms with Crippen LogP contribution in [0.1, 0.15) is 147 Å². The number of nitrogens with one attached hydrogen (secondary N) is 2. The Morgan fingerprint density at radius 1 is 1.03 bits per heavy atom. The van der Waals surface area contributed by atoms with E-state index in [2.05, 4.69) is 22.6 Å². The van der Waals surface area contributed by atoms with Crippen LogP contribution in [0.5, 0.6) is 0 Å². The highest BCUT2D eigenvalue weighted by molar-refractivity contribution is 7.09. The van der Waals surface area contributed by atoms with E-state index in [-0.39, 0.29) is 36.3 Å². The average molecular weight is 946 g/mol. The van der Waals surface area contributed by atoms with Crippen LogP contribution in [0, 0.1) is 22.2 Å². The molecule has 0 saturated carbocycles. The molecule has 66 heavy (non-hydrogen) atoms. The van der Waals surface area contributed by atoms with Gasteiger partial charge in [0.15, 0.2) is 12.1 Å². The molecule has 0 bridgehead atoms. The van der Waals surface area contributed by atoms with E-state index >= 15 is 4.79 Å². The first-order valence-corrected chi connectivity index (χ1v) is 24.9. The van der Waals surface area contributed by atoms with Gasteiger partial charge in [-0.3, -0.25) is 19.2 Å². The molecule has 17 nitrogen and oxygen atoms in total. The SMILES string of the molecule is CCCCCCN(C(=O)[C@@H](N[N+](=O)[C@H]1CCCCN1CCOCCOCCN)[C@@H](C)CC)C(C[C@@H](OC(C)=O)c1nc(C(=O)N[C@@H](Cc2ccc(N)cc2)CC(C)(C)C(=O)O)cs1)C(C)C. The summed E-state index contributed by atoms with van der Waals surface area (Å²) in [6.07, 6.45) is 6.20. The van der Waals surface area contributed by atoms with Crippen LogP contribution >= 0.6 is 11.3 Å². The first-order valence-electron chi connectivity index (χ1n) is 24.1. The zero-order valence-corrected chi connectivity index (χ0v) is 41.7. The number of unbranched alkanes of at least 4 members (excludes halogenated alkanes) is 3. The molecule has 1 aliphatic rings. The van der Waals surface area contributed by atoms with Crippen molar-refractivity contribution in [3.05, 3.63) is 50.8 Å². The van der Waals surface area contributed by atoms with Gasteiger partial charge in [0, 0.05) is 69.1 Å². The fourth-order valence-corrected chi connectivity index (χ4v) is 9.13. The molecule has 2 heterocycles. The number of esters is 1. The number of likely N-dealkylation sites (tertiary alicyclic amines) is 1. The van der Waals surface area contributed by atoms with Crippen molar-refractivity contribution in [1.29, 1.82) is 0 Å². The Bertz CT molecular complexity index is 1790. The molecule has 18 heteroatoms. The summed E-state index contributed by atoms with van der Waals surface area (Å²) in [4.78, 5) is 77.6. The molecular formula is C48H81N8O9S+. The number of nitrogen functional groups attached to an aromatic ring is 1. The maximum Gasteiger partial charge on any atom is 0.309 e. The number of nitrogens with two attached hydrogens (primary N) is 2. The number of aromatic nitrogens is 1. The number of nitrogens with zero attached hydrogens (tertiary/aromatic N) is 4. The van der Waals surface area contributed by atoms with Gasteiger partial charge in [0.1, 0.15) is 15.6 Å². The van der Waals surface area contributed by atoms with Gasteiger partial charge < -0.3 is 41.0 Å². The first-order chi connectivity index (χ1) is 31.4. The first kappa shape index (κ1) is 56.1. The molecule has 0 aliphatic carbocycles. The summed E-state index contributed by atoms with van der Waals surface area (Å²) in [7, 11) is 0. The van der Waals surface area contributed by atoms with Crippen LogP contribution in [-0.4, -0.2) is 125 Å². The van der Waals surface area contributed by atoms with Crippen LogP contribution in [0.25, 0.3) is 0 Å². The van der Waals surface area contributed by atoms with Gasteiger partial charge in [-0.15, -0.1) is 16.8 Å². The zero-order chi connectivity index (χ0) is 48.8. The largest absolute Gasteiger partial charge is 0.481 e. The molecule has 3 rings (SSSR count). The topological polar surface area (TPSA) is 232 Å². The second-order valence-corrected chi connectivity index (χ2v) is 19.6. The van der Waals surface area contributed by atoms with Gasteiger partial charge in [-0.1, -0.05) is 72.4 Å². The minimum Gasteiger partial charge on any atom is -0.481 e. The van der Waals surface area contributed by atoms with Gasteiger partial charge in [0.05, 0.1) is 36.7 Å². The second kappa shape index (κ2) is 28.8. The third kappa shape index (κ3) is 18.5. The number of hydrogen-bond donors (Lipinski definition) is 5. The van der Waals surface area contributed by atoms with Gasteiger partial charge in [-0.2, -0.15) is 0 Å². The molecule has 0 spiro atoms. The minimum absolute atomic E-state index is 0.0944. The standard InChI is InChI=1S/C48H80N8O9S/c1-9-11-12-14-23-55(46(59)43(34(5)10-2)53-56(62)42-16-13-15-22-54(42)24-26-64-28-27-63-25-21-49)40(33(3)4)30-41(65-35(6)57)45-52-39(32-66-45)44(58)51-38(31-48(7,8)47(60)61)29-36-17-19-37(50)20-18-36/h17-20,32-34,38,40-43H,9-16,21-31,49-50H2,1-8H3,(H2-,51,53,58,60,61,62)/p+1/t34-,38-,40?,41+,42-,43-/m0/s1. The maximum absolute atomic E-state index is 15.1. The number of carboxylic acids is 1. The Kier molecular flexibility index (Phi) is 24.5. The smallest absolute Gasteiger partial charge is 0.309 e. The molecule has 372 valence electrons. The van der Waals surface area contributed by atoms with Crippen molar-refractivity contribution < 1.29 is 43.4 Å². The number of nitroso groups, excluding NO2 is 1. The van der Waals surface area contributed by atoms with Crippen molar-refractivity contribution in [1.82, 2.24) is 25.5 Å². The van der Waals surface area contributed by atoms with Gasteiger partial charge in [-0.25, -0.2) is 9.88 Å². The van der Waals surface area contributed by atoms with E-state index in [9.17, 15) is 24.4 Å². The molecule has 6 atom stereocenters. The van der Waals surface area contributed by atoms with Crippen molar-refractivity contribution in [2.45, 2.75) is 156 Å². The number of benzene rings is 1. The monoisotopic (exact) mass is 946 g/mol. The van der Waals surface area contributed by atoms with Gasteiger partial charge in [0.2, 0.25) is 0 Å². The number of aliphatic carboxylic acids is 1. The third-order valence-electron chi connectivity index (χ3n) is 12.4. The average Bonchev–Trinajstić information content (AvgIpc) is 3.78. The van der Waals surface area contributed by atoms with E-state index in [0.29, 0.717) is 76.0 Å². The summed E-state index contributed by atoms with van der Waals surface area (Å²) in [6, 6.07) is 5.41. The third-order valence-corrected chi connectivity index (χ3v) is 13.3. The summed E-state index contributed by atoms with van der Waals surface area (Å²) in [5.74, 6) is -2.49.